The molecular weight excluding hydrogens is 226 g/mol. The Morgan fingerprint density at radius 2 is 2.17 bits per heavy atom. The lowest BCUT2D eigenvalue weighted by atomic mass is 9.89. The highest BCUT2D eigenvalue weighted by atomic mass is 16.5. The van der Waals surface area contributed by atoms with Crippen molar-refractivity contribution in [2.75, 3.05) is 6.61 Å². The fraction of sp³-hybridized carbons (Fsp3) is 0.333. The van der Waals surface area contributed by atoms with Crippen LogP contribution in [0.3, 0.4) is 0 Å². The predicted molar refractivity (Wildman–Crippen MR) is 71.9 cm³/mol. The zero-order valence-electron chi connectivity index (χ0n) is 10.7. The highest BCUT2D eigenvalue weighted by molar-refractivity contribution is 5.71. The van der Waals surface area contributed by atoms with Gasteiger partial charge in [-0.25, -0.2) is 0 Å². The van der Waals surface area contributed by atoms with Crippen LogP contribution in [0.15, 0.2) is 48.7 Å². The molecule has 1 aromatic carbocycles. The number of carbonyl (C=O) groups is 1. The first kappa shape index (κ1) is 14.2. The molecule has 0 heterocycles. The fourth-order valence-electron chi connectivity index (χ4n) is 1.58. The molecule has 2 N–H and O–H groups in total. The molecule has 0 saturated carbocycles. The number of benzene rings is 1. The summed E-state index contributed by atoms with van der Waals surface area (Å²) < 4.78 is 5.19. The molecule has 18 heavy (non-hydrogen) atoms. The van der Waals surface area contributed by atoms with Gasteiger partial charge in [0, 0.05) is 0 Å². The second kappa shape index (κ2) is 6.80. The Balaban J connectivity index is 2.66. The van der Waals surface area contributed by atoms with E-state index in [1.165, 1.54) is 6.08 Å². The first-order valence-corrected chi connectivity index (χ1v) is 5.96. The molecule has 1 atom stereocenters. The van der Waals surface area contributed by atoms with Crippen LogP contribution in [0.25, 0.3) is 0 Å². The van der Waals surface area contributed by atoms with Crippen LogP contribution in [-0.4, -0.2) is 12.6 Å². The van der Waals surface area contributed by atoms with Gasteiger partial charge in [-0.3, -0.25) is 4.79 Å². The summed E-state index contributed by atoms with van der Waals surface area (Å²) in [6.07, 6.45) is 2.41. The molecule has 0 spiro atoms. The Hall–Kier alpha value is -1.83. The topological polar surface area (TPSA) is 52.3 Å². The van der Waals surface area contributed by atoms with Gasteiger partial charge in [-0.05, 0) is 18.1 Å². The minimum Gasteiger partial charge on any atom is -0.463 e. The van der Waals surface area contributed by atoms with Crippen molar-refractivity contribution in [3.63, 3.8) is 0 Å². The Labute approximate surface area is 108 Å². The summed E-state index contributed by atoms with van der Waals surface area (Å²) in [6.45, 7) is 5.55. The second-order valence-corrected chi connectivity index (χ2v) is 4.15. The summed E-state index contributed by atoms with van der Waals surface area (Å²) in [5.41, 5.74) is 9.16. The molecule has 1 aromatic rings. The number of nitrogens with two attached hydrogens (primary N) is 1. The van der Waals surface area contributed by atoms with Gasteiger partial charge in [0.2, 0.25) is 0 Å². The van der Waals surface area contributed by atoms with Crippen LogP contribution in [-0.2, 0) is 15.1 Å². The van der Waals surface area contributed by atoms with Gasteiger partial charge in [-0.15, -0.1) is 5.73 Å². The molecule has 0 saturated heterocycles. The lowest BCUT2D eigenvalue weighted by molar-refractivity contribution is -0.144. The van der Waals surface area contributed by atoms with Crippen LogP contribution in [0, 0.1) is 0 Å². The zero-order chi connectivity index (χ0) is 13.4. The van der Waals surface area contributed by atoms with Gasteiger partial charge in [0.15, 0.2) is 0 Å². The molecule has 0 radical (unpaired) electrons. The van der Waals surface area contributed by atoms with E-state index in [2.05, 4.69) is 12.3 Å². The zero-order valence-corrected chi connectivity index (χ0v) is 10.7. The molecule has 0 amide bonds. The van der Waals surface area contributed by atoms with Crippen molar-refractivity contribution in [3.05, 3.63) is 54.3 Å². The first-order valence-electron chi connectivity index (χ1n) is 5.96. The van der Waals surface area contributed by atoms with Crippen molar-refractivity contribution in [2.24, 2.45) is 5.73 Å². The SMILES string of the molecule is C=C=CCC(=O)OC[C@](N)(CC)c1ccccc1. The van der Waals surface area contributed by atoms with Gasteiger partial charge in [-0.1, -0.05) is 43.8 Å². The van der Waals surface area contributed by atoms with Crippen LogP contribution >= 0.6 is 0 Å². The van der Waals surface area contributed by atoms with E-state index in [4.69, 9.17) is 10.5 Å². The molecule has 0 aliphatic heterocycles. The van der Waals surface area contributed by atoms with Crippen molar-refractivity contribution in [3.8, 4) is 0 Å². The average molecular weight is 245 g/mol. The van der Waals surface area contributed by atoms with E-state index in [9.17, 15) is 4.79 Å². The fourth-order valence-corrected chi connectivity index (χ4v) is 1.58. The molecule has 96 valence electrons. The van der Waals surface area contributed by atoms with Crippen LogP contribution in [0.2, 0.25) is 0 Å². The molecular formula is C15H19NO2. The van der Waals surface area contributed by atoms with E-state index in [1.54, 1.807) is 0 Å². The molecule has 0 aromatic heterocycles. The van der Waals surface area contributed by atoms with Crippen LogP contribution < -0.4 is 5.73 Å². The van der Waals surface area contributed by atoms with E-state index >= 15 is 0 Å². The molecule has 1 rings (SSSR count). The summed E-state index contributed by atoms with van der Waals surface area (Å²) in [6, 6.07) is 9.67. The molecule has 0 unspecified atom stereocenters. The van der Waals surface area contributed by atoms with Gasteiger partial charge < -0.3 is 10.5 Å². The van der Waals surface area contributed by atoms with E-state index < -0.39 is 5.54 Å². The van der Waals surface area contributed by atoms with E-state index in [0.29, 0.717) is 6.42 Å². The van der Waals surface area contributed by atoms with Gasteiger partial charge >= 0.3 is 5.97 Å². The third kappa shape index (κ3) is 3.88. The average Bonchev–Trinajstić information content (AvgIpc) is 2.43. The minimum absolute atomic E-state index is 0.178. The molecule has 0 bridgehead atoms. The number of esters is 1. The lowest BCUT2D eigenvalue weighted by Crippen LogP contribution is -2.41. The summed E-state index contributed by atoms with van der Waals surface area (Å²) in [4.78, 5) is 11.4. The molecule has 0 fully saturated rings. The van der Waals surface area contributed by atoms with Gasteiger partial charge in [0.25, 0.3) is 0 Å². The number of ether oxygens (including phenoxy) is 1. The Bertz CT molecular complexity index is 435. The van der Waals surface area contributed by atoms with E-state index in [0.717, 1.165) is 5.56 Å². The van der Waals surface area contributed by atoms with Gasteiger partial charge in [0.05, 0.1) is 12.0 Å². The summed E-state index contributed by atoms with van der Waals surface area (Å²) in [7, 11) is 0. The molecule has 0 aliphatic carbocycles. The molecule has 0 aliphatic rings. The summed E-state index contributed by atoms with van der Waals surface area (Å²) >= 11 is 0. The Morgan fingerprint density at radius 1 is 1.50 bits per heavy atom. The van der Waals surface area contributed by atoms with Gasteiger partial charge in [-0.2, -0.15) is 0 Å². The highest BCUT2D eigenvalue weighted by Gasteiger charge is 2.26. The van der Waals surface area contributed by atoms with E-state index in [1.807, 2.05) is 37.3 Å². The maximum absolute atomic E-state index is 11.4. The second-order valence-electron chi connectivity index (χ2n) is 4.15. The highest BCUT2D eigenvalue weighted by Crippen LogP contribution is 2.22. The Kier molecular flexibility index (Phi) is 5.37. The smallest absolute Gasteiger partial charge is 0.310 e. The third-order valence-corrected chi connectivity index (χ3v) is 2.88. The minimum atomic E-state index is -0.630. The van der Waals surface area contributed by atoms with Crippen LogP contribution in [0.4, 0.5) is 0 Å². The lowest BCUT2D eigenvalue weighted by Gasteiger charge is -2.28. The normalized spacial score (nSPS) is 13.2. The van der Waals surface area contributed by atoms with Gasteiger partial charge in [0.1, 0.15) is 6.61 Å². The maximum atomic E-state index is 11.4. The van der Waals surface area contributed by atoms with Crippen molar-refractivity contribution in [1.29, 1.82) is 0 Å². The monoisotopic (exact) mass is 245 g/mol. The molecule has 3 nitrogen and oxygen atoms in total. The molecule has 3 heteroatoms. The van der Waals surface area contributed by atoms with Crippen molar-refractivity contribution >= 4 is 5.97 Å². The summed E-state index contributed by atoms with van der Waals surface area (Å²) in [5.74, 6) is -0.314. The van der Waals surface area contributed by atoms with Crippen LogP contribution in [0.5, 0.6) is 0 Å². The van der Waals surface area contributed by atoms with E-state index in [-0.39, 0.29) is 19.0 Å². The third-order valence-electron chi connectivity index (χ3n) is 2.88. The number of rotatable bonds is 6. The number of carbonyl (C=O) groups excluding carboxylic acids is 1. The predicted octanol–water partition coefficient (Wildman–Crippen LogP) is 2.53. The van der Waals surface area contributed by atoms with Crippen molar-refractivity contribution in [1.82, 2.24) is 0 Å². The standard InChI is InChI=1S/C15H19NO2/c1-3-5-11-14(17)18-12-15(16,4-2)13-9-7-6-8-10-13/h5-10H,1,4,11-12,16H2,2H3/t15-/m1/s1. The van der Waals surface area contributed by atoms with Crippen molar-refractivity contribution in [2.45, 2.75) is 25.3 Å². The van der Waals surface area contributed by atoms with Crippen LogP contribution in [0.1, 0.15) is 25.3 Å². The number of hydrogen-bond donors (Lipinski definition) is 1. The number of hydrogen-bond acceptors (Lipinski definition) is 3. The maximum Gasteiger partial charge on any atom is 0.310 e. The summed E-state index contributed by atoms with van der Waals surface area (Å²) in [5, 5.41) is 0. The largest absolute Gasteiger partial charge is 0.463 e. The first-order chi connectivity index (χ1) is 8.62. The Morgan fingerprint density at radius 3 is 2.72 bits per heavy atom. The van der Waals surface area contributed by atoms with Crippen molar-refractivity contribution < 1.29 is 9.53 Å². The quantitative estimate of drug-likeness (QED) is 0.619.